The molecule has 1 atom stereocenters. The summed E-state index contributed by atoms with van der Waals surface area (Å²) in [5, 5.41) is 17.4. The predicted molar refractivity (Wildman–Crippen MR) is 95.3 cm³/mol. The summed E-state index contributed by atoms with van der Waals surface area (Å²) in [6.07, 6.45) is 0. The third-order valence-electron chi connectivity index (χ3n) is 3.89. The molecule has 8 heteroatoms. The van der Waals surface area contributed by atoms with Crippen LogP contribution in [-0.2, 0) is 4.79 Å². The summed E-state index contributed by atoms with van der Waals surface area (Å²) in [5.41, 5.74) is 1.48. The zero-order chi connectivity index (χ0) is 18.8. The van der Waals surface area contributed by atoms with Crippen molar-refractivity contribution < 1.29 is 19.1 Å². The first-order valence-electron chi connectivity index (χ1n) is 7.69. The molecule has 0 bridgehead atoms. The molecule has 26 heavy (non-hydrogen) atoms. The number of urea groups is 1. The van der Waals surface area contributed by atoms with Crippen LogP contribution < -0.4 is 16.0 Å². The number of carbonyl (C=O) groups is 2. The normalized spacial score (nSPS) is 16.7. The Balaban J connectivity index is 1.95. The highest BCUT2D eigenvalue weighted by Gasteiger charge is 2.31. The van der Waals surface area contributed by atoms with E-state index in [4.69, 9.17) is 11.6 Å². The van der Waals surface area contributed by atoms with Gasteiger partial charge < -0.3 is 21.1 Å². The van der Waals surface area contributed by atoms with Crippen molar-refractivity contribution in [1.82, 2.24) is 10.6 Å². The van der Waals surface area contributed by atoms with Gasteiger partial charge in [-0.15, -0.1) is 0 Å². The van der Waals surface area contributed by atoms with E-state index < -0.39 is 23.8 Å². The number of carbonyl (C=O) groups excluding carboxylic acids is 2. The van der Waals surface area contributed by atoms with E-state index in [1.54, 1.807) is 19.1 Å². The van der Waals surface area contributed by atoms with Crippen LogP contribution in [0, 0.1) is 5.82 Å². The van der Waals surface area contributed by atoms with Crippen molar-refractivity contribution in [2.75, 3.05) is 5.32 Å². The van der Waals surface area contributed by atoms with E-state index in [0.29, 0.717) is 16.9 Å². The predicted octanol–water partition coefficient (Wildman–Crippen LogP) is 3.45. The number of amides is 3. The number of allylic oxidation sites excluding steroid dienone is 1. The number of hydrogen-bond donors (Lipinski definition) is 4. The first kappa shape index (κ1) is 17.8. The van der Waals surface area contributed by atoms with E-state index in [1.807, 2.05) is 0 Å². The van der Waals surface area contributed by atoms with Crippen LogP contribution in [0.2, 0.25) is 5.02 Å². The first-order valence-corrected chi connectivity index (χ1v) is 8.06. The Bertz CT molecular complexity index is 930. The summed E-state index contributed by atoms with van der Waals surface area (Å²) in [6.45, 7) is 1.60. The summed E-state index contributed by atoms with van der Waals surface area (Å²) in [7, 11) is 0. The number of aromatic hydroxyl groups is 1. The van der Waals surface area contributed by atoms with Crippen molar-refractivity contribution in [2.45, 2.75) is 13.0 Å². The van der Waals surface area contributed by atoms with Crippen molar-refractivity contribution in [3.63, 3.8) is 0 Å². The van der Waals surface area contributed by atoms with Crippen molar-refractivity contribution in [3.05, 3.63) is 70.1 Å². The highest BCUT2D eigenvalue weighted by molar-refractivity contribution is 6.31. The van der Waals surface area contributed by atoms with Crippen LogP contribution in [0.1, 0.15) is 18.5 Å². The van der Waals surface area contributed by atoms with Crippen molar-refractivity contribution >= 4 is 29.2 Å². The minimum atomic E-state index is -0.758. The standard InChI is InChI=1S/C18H15ClFN3O3/c1-9-15(17(25)22-11-5-6-14(20)13(19)8-11)16(23-18(26)21-9)10-3-2-4-12(24)7-10/h2-8,16,24H,1H3,(H,22,25)(H2,21,23,26). The van der Waals surface area contributed by atoms with Gasteiger partial charge in [0.05, 0.1) is 16.6 Å². The van der Waals surface area contributed by atoms with Crippen LogP contribution in [0.3, 0.4) is 0 Å². The second-order valence-electron chi connectivity index (χ2n) is 5.75. The van der Waals surface area contributed by atoms with Gasteiger partial charge in [0.2, 0.25) is 0 Å². The van der Waals surface area contributed by atoms with Gasteiger partial charge >= 0.3 is 6.03 Å². The summed E-state index contributed by atoms with van der Waals surface area (Å²) >= 11 is 5.74. The van der Waals surface area contributed by atoms with Crippen LogP contribution in [0.4, 0.5) is 14.9 Å². The van der Waals surface area contributed by atoms with E-state index in [9.17, 15) is 19.1 Å². The Morgan fingerprint density at radius 2 is 2.04 bits per heavy atom. The molecular weight excluding hydrogens is 361 g/mol. The number of benzene rings is 2. The molecular formula is C18H15ClFN3O3. The van der Waals surface area contributed by atoms with E-state index >= 15 is 0 Å². The SMILES string of the molecule is CC1=C(C(=O)Nc2ccc(F)c(Cl)c2)C(c2cccc(O)c2)NC(=O)N1. The Kier molecular flexibility index (Phi) is 4.81. The molecule has 0 saturated carbocycles. The quantitative estimate of drug-likeness (QED) is 0.662. The molecule has 0 aromatic heterocycles. The number of anilines is 1. The van der Waals surface area contributed by atoms with E-state index in [0.717, 1.165) is 6.07 Å². The average Bonchev–Trinajstić information content (AvgIpc) is 2.57. The first-order chi connectivity index (χ1) is 12.3. The Morgan fingerprint density at radius 1 is 1.27 bits per heavy atom. The molecule has 6 nitrogen and oxygen atoms in total. The molecule has 0 spiro atoms. The molecule has 1 aliphatic rings. The molecule has 1 unspecified atom stereocenters. The van der Waals surface area contributed by atoms with Gasteiger partial charge in [0, 0.05) is 11.4 Å². The highest BCUT2D eigenvalue weighted by Crippen LogP contribution is 2.30. The lowest BCUT2D eigenvalue weighted by Gasteiger charge is -2.28. The fourth-order valence-electron chi connectivity index (χ4n) is 2.72. The van der Waals surface area contributed by atoms with Gasteiger partial charge in [-0.05, 0) is 42.8 Å². The van der Waals surface area contributed by atoms with Gasteiger partial charge in [-0.25, -0.2) is 9.18 Å². The molecule has 0 radical (unpaired) electrons. The number of halogens is 2. The van der Waals surface area contributed by atoms with Gasteiger partial charge in [-0.2, -0.15) is 0 Å². The Morgan fingerprint density at radius 3 is 2.73 bits per heavy atom. The minimum Gasteiger partial charge on any atom is -0.508 e. The molecule has 0 aliphatic carbocycles. The Labute approximate surface area is 153 Å². The largest absolute Gasteiger partial charge is 0.508 e. The highest BCUT2D eigenvalue weighted by atomic mass is 35.5. The average molecular weight is 376 g/mol. The maximum atomic E-state index is 13.3. The lowest BCUT2D eigenvalue weighted by molar-refractivity contribution is -0.113. The van der Waals surface area contributed by atoms with E-state index in [2.05, 4.69) is 16.0 Å². The number of rotatable bonds is 3. The molecule has 2 aromatic carbocycles. The van der Waals surface area contributed by atoms with Crippen LogP contribution in [0.15, 0.2) is 53.7 Å². The molecule has 0 fully saturated rings. The third kappa shape index (κ3) is 3.62. The van der Waals surface area contributed by atoms with E-state index in [1.165, 1.54) is 24.3 Å². The summed E-state index contributed by atoms with van der Waals surface area (Å²) in [5.74, 6) is -1.08. The summed E-state index contributed by atoms with van der Waals surface area (Å²) < 4.78 is 13.3. The summed E-state index contributed by atoms with van der Waals surface area (Å²) in [6, 6.07) is 8.86. The second-order valence-corrected chi connectivity index (χ2v) is 6.16. The zero-order valence-electron chi connectivity index (χ0n) is 13.6. The van der Waals surface area contributed by atoms with Crippen molar-refractivity contribution in [2.24, 2.45) is 0 Å². The van der Waals surface area contributed by atoms with Gasteiger partial charge in [-0.3, -0.25) is 4.79 Å². The van der Waals surface area contributed by atoms with Crippen LogP contribution >= 0.6 is 11.6 Å². The molecule has 1 heterocycles. The smallest absolute Gasteiger partial charge is 0.319 e. The maximum Gasteiger partial charge on any atom is 0.319 e. The molecule has 0 saturated heterocycles. The maximum absolute atomic E-state index is 13.3. The second kappa shape index (κ2) is 7.05. The molecule has 1 aliphatic heterocycles. The van der Waals surface area contributed by atoms with Gasteiger partial charge in [0.15, 0.2) is 0 Å². The number of hydrogen-bond acceptors (Lipinski definition) is 3. The Hall–Kier alpha value is -3.06. The van der Waals surface area contributed by atoms with Crippen LogP contribution in [-0.4, -0.2) is 17.0 Å². The number of phenolic OH excluding ortho intramolecular Hbond substituents is 1. The van der Waals surface area contributed by atoms with Gasteiger partial charge in [0.25, 0.3) is 5.91 Å². The lowest BCUT2D eigenvalue weighted by atomic mass is 9.94. The third-order valence-corrected chi connectivity index (χ3v) is 4.18. The van der Waals surface area contributed by atoms with Crippen molar-refractivity contribution in [1.29, 1.82) is 0 Å². The number of nitrogens with one attached hydrogen (secondary N) is 3. The summed E-state index contributed by atoms with van der Waals surface area (Å²) in [4.78, 5) is 24.6. The fourth-order valence-corrected chi connectivity index (χ4v) is 2.90. The fraction of sp³-hybridized carbons (Fsp3) is 0.111. The monoisotopic (exact) mass is 375 g/mol. The van der Waals surface area contributed by atoms with Crippen LogP contribution in [0.5, 0.6) is 5.75 Å². The van der Waals surface area contributed by atoms with Gasteiger partial charge in [0.1, 0.15) is 11.6 Å². The lowest BCUT2D eigenvalue weighted by Crippen LogP contribution is -2.45. The molecule has 4 N–H and O–H groups in total. The number of phenols is 1. The zero-order valence-corrected chi connectivity index (χ0v) is 14.4. The van der Waals surface area contributed by atoms with Gasteiger partial charge in [-0.1, -0.05) is 23.7 Å². The van der Waals surface area contributed by atoms with E-state index in [-0.39, 0.29) is 16.3 Å². The molecule has 2 aromatic rings. The molecule has 3 rings (SSSR count). The minimum absolute atomic E-state index is 0.0120. The molecule has 3 amide bonds. The topological polar surface area (TPSA) is 90.5 Å². The van der Waals surface area contributed by atoms with Crippen molar-refractivity contribution in [3.8, 4) is 5.75 Å². The molecule has 134 valence electrons. The van der Waals surface area contributed by atoms with Crippen LogP contribution in [0.25, 0.3) is 0 Å².